The molecule has 0 unspecified atom stereocenters. The van der Waals surface area contributed by atoms with Crippen LogP contribution in [-0.4, -0.2) is 43.6 Å². The van der Waals surface area contributed by atoms with Crippen molar-refractivity contribution < 1.29 is 17.6 Å². The number of carbonyl (C=O) groups excluding carboxylic acids is 1. The molecule has 1 aromatic heterocycles. The first kappa shape index (κ1) is 19.7. The molecule has 0 aliphatic carbocycles. The Morgan fingerprint density at radius 3 is 2.54 bits per heavy atom. The summed E-state index contributed by atoms with van der Waals surface area (Å²) in [6.45, 7) is 3.81. The molecule has 2 aromatic rings. The summed E-state index contributed by atoms with van der Waals surface area (Å²) in [5.74, 6) is -0.771. The summed E-state index contributed by atoms with van der Waals surface area (Å²) in [5, 5.41) is 8.54. The Balaban J connectivity index is 2.11. The van der Waals surface area contributed by atoms with Gasteiger partial charge in [-0.3, -0.25) is 4.79 Å². The third-order valence-corrected chi connectivity index (χ3v) is 5.28. The van der Waals surface area contributed by atoms with Crippen molar-refractivity contribution in [3.8, 4) is 17.5 Å². The highest BCUT2D eigenvalue weighted by atomic mass is 32.2. The van der Waals surface area contributed by atoms with E-state index < -0.39 is 21.5 Å². The van der Waals surface area contributed by atoms with Crippen LogP contribution in [0.1, 0.15) is 23.4 Å². The summed E-state index contributed by atoms with van der Waals surface area (Å²) in [6, 6.07) is 9.46. The average Bonchev–Trinajstić information content (AvgIpc) is 2.92. The van der Waals surface area contributed by atoms with Gasteiger partial charge >= 0.3 is 0 Å². The number of amides is 1. The summed E-state index contributed by atoms with van der Waals surface area (Å²) in [7, 11) is -2.22. The summed E-state index contributed by atoms with van der Waals surface area (Å²) >= 11 is 0. The molecular formula is C18H21N3O4S. The van der Waals surface area contributed by atoms with Gasteiger partial charge in [-0.1, -0.05) is 17.7 Å². The van der Waals surface area contributed by atoms with Gasteiger partial charge in [-0.25, -0.2) is 13.4 Å². The van der Waals surface area contributed by atoms with Crippen LogP contribution < -0.4 is 0 Å². The van der Waals surface area contributed by atoms with Gasteiger partial charge in [0.2, 0.25) is 11.8 Å². The van der Waals surface area contributed by atoms with Crippen molar-refractivity contribution in [2.24, 2.45) is 0 Å². The van der Waals surface area contributed by atoms with Gasteiger partial charge in [-0.2, -0.15) is 5.26 Å². The molecule has 1 aromatic carbocycles. The zero-order valence-electron chi connectivity index (χ0n) is 15.0. The lowest BCUT2D eigenvalue weighted by molar-refractivity contribution is -0.127. The summed E-state index contributed by atoms with van der Waals surface area (Å²) < 4.78 is 30.3. The van der Waals surface area contributed by atoms with E-state index in [1.165, 1.54) is 11.9 Å². The van der Waals surface area contributed by atoms with Gasteiger partial charge in [0.1, 0.15) is 11.5 Å². The van der Waals surface area contributed by atoms with Gasteiger partial charge in [0, 0.05) is 19.2 Å². The van der Waals surface area contributed by atoms with E-state index in [1.54, 1.807) is 6.92 Å². The van der Waals surface area contributed by atoms with Crippen molar-refractivity contribution in [2.75, 3.05) is 19.3 Å². The average molecular weight is 375 g/mol. The molecule has 0 bridgehead atoms. The molecule has 2 rings (SSSR count). The monoisotopic (exact) mass is 375 g/mol. The largest absolute Gasteiger partial charge is 0.441 e. The lowest BCUT2D eigenvalue weighted by Gasteiger charge is -2.15. The minimum absolute atomic E-state index is 0.157. The second kappa shape index (κ2) is 8.15. The molecule has 1 heterocycles. The Bertz CT molecular complexity index is 924. The standard InChI is InChI=1S/C18H21N3O4S/c1-13-5-7-15(8-6-13)18-20-16(14(2)25-18)11-26(23,24)12-17(22)21(3)10-4-9-19/h5-8H,4,10-12H2,1-3H3. The molecule has 8 heteroatoms. The van der Waals surface area contributed by atoms with Gasteiger partial charge in [0.15, 0.2) is 9.84 Å². The number of sulfone groups is 1. The Kier molecular flexibility index (Phi) is 6.16. The van der Waals surface area contributed by atoms with Gasteiger partial charge in [0.25, 0.3) is 0 Å². The van der Waals surface area contributed by atoms with Gasteiger partial charge < -0.3 is 9.32 Å². The summed E-state index contributed by atoms with van der Waals surface area (Å²) in [4.78, 5) is 17.5. The molecule has 0 saturated carbocycles. The SMILES string of the molecule is Cc1ccc(-c2nc(CS(=O)(=O)CC(=O)N(C)CCC#N)c(C)o2)cc1. The van der Waals surface area contributed by atoms with Crippen molar-refractivity contribution in [2.45, 2.75) is 26.0 Å². The minimum atomic E-state index is -3.70. The highest BCUT2D eigenvalue weighted by Gasteiger charge is 2.23. The lowest BCUT2D eigenvalue weighted by Crippen LogP contribution is -2.33. The molecule has 0 aliphatic rings. The van der Waals surface area contributed by atoms with E-state index in [4.69, 9.17) is 9.68 Å². The Hall–Kier alpha value is -2.66. The van der Waals surface area contributed by atoms with E-state index in [0.29, 0.717) is 17.3 Å². The number of nitriles is 1. The van der Waals surface area contributed by atoms with E-state index in [0.717, 1.165) is 11.1 Å². The van der Waals surface area contributed by atoms with Crippen LogP contribution in [0.4, 0.5) is 0 Å². The van der Waals surface area contributed by atoms with Crippen LogP contribution in [0.15, 0.2) is 28.7 Å². The number of aryl methyl sites for hydroxylation is 2. The fourth-order valence-corrected chi connectivity index (χ4v) is 3.66. The topological polar surface area (TPSA) is 104 Å². The highest BCUT2D eigenvalue weighted by Crippen LogP contribution is 2.23. The van der Waals surface area contributed by atoms with Gasteiger partial charge in [-0.15, -0.1) is 0 Å². The van der Waals surface area contributed by atoms with Gasteiger partial charge in [0.05, 0.1) is 23.9 Å². The molecule has 0 spiro atoms. The Morgan fingerprint density at radius 2 is 1.92 bits per heavy atom. The number of hydrogen-bond acceptors (Lipinski definition) is 6. The molecule has 0 atom stereocenters. The quantitative estimate of drug-likeness (QED) is 0.735. The fourth-order valence-electron chi connectivity index (χ4n) is 2.28. The zero-order chi connectivity index (χ0) is 19.3. The van der Waals surface area contributed by atoms with E-state index in [9.17, 15) is 13.2 Å². The maximum absolute atomic E-state index is 12.3. The van der Waals surface area contributed by atoms with Crippen molar-refractivity contribution in [3.05, 3.63) is 41.3 Å². The molecule has 0 fully saturated rings. The van der Waals surface area contributed by atoms with E-state index in [1.807, 2.05) is 37.3 Å². The predicted octanol–water partition coefficient (Wildman–Crippen LogP) is 2.25. The first-order valence-electron chi connectivity index (χ1n) is 8.06. The molecule has 0 N–H and O–H groups in total. The molecule has 26 heavy (non-hydrogen) atoms. The van der Waals surface area contributed by atoms with E-state index >= 15 is 0 Å². The zero-order valence-corrected chi connectivity index (χ0v) is 15.8. The van der Waals surface area contributed by atoms with Crippen LogP contribution in [0.25, 0.3) is 11.5 Å². The van der Waals surface area contributed by atoms with Crippen LogP contribution in [0.5, 0.6) is 0 Å². The lowest BCUT2D eigenvalue weighted by atomic mass is 10.1. The first-order valence-corrected chi connectivity index (χ1v) is 9.88. The first-order chi connectivity index (χ1) is 12.2. The molecule has 0 saturated heterocycles. The van der Waals surface area contributed by atoms with Crippen molar-refractivity contribution in [3.63, 3.8) is 0 Å². The van der Waals surface area contributed by atoms with E-state index in [2.05, 4.69) is 4.98 Å². The smallest absolute Gasteiger partial charge is 0.237 e. The van der Waals surface area contributed by atoms with Crippen LogP contribution >= 0.6 is 0 Å². The molecule has 7 nitrogen and oxygen atoms in total. The van der Waals surface area contributed by atoms with Crippen molar-refractivity contribution >= 4 is 15.7 Å². The molecule has 1 amide bonds. The second-order valence-corrected chi connectivity index (χ2v) is 8.21. The Labute approximate surface area is 153 Å². The number of nitrogens with zero attached hydrogens (tertiary/aromatic N) is 3. The minimum Gasteiger partial charge on any atom is -0.441 e. The number of oxazole rings is 1. The van der Waals surface area contributed by atoms with Gasteiger partial charge in [-0.05, 0) is 26.0 Å². The van der Waals surface area contributed by atoms with Crippen LogP contribution in [0.3, 0.4) is 0 Å². The maximum Gasteiger partial charge on any atom is 0.237 e. The van der Waals surface area contributed by atoms with Crippen LogP contribution in [0.2, 0.25) is 0 Å². The molecule has 138 valence electrons. The summed E-state index contributed by atoms with van der Waals surface area (Å²) in [6.07, 6.45) is 0.157. The maximum atomic E-state index is 12.3. The van der Waals surface area contributed by atoms with Crippen molar-refractivity contribution in [1.29, 1.82) is 5.26 Å². The number of carbonyl (C=O) groups is 1. The molecule has 0 radical (unpaired) electrons. The number of aromatic nitrogens is 1. The number of benzene rings is 1. The third-order valence-electron chi connectivity index (χ3n) is 3.88. The normalized spacial score (nSPS) is 11.2. The summed E-state index contributed by atoms with van der Waals surface area (Å²) in [5.41, 5.74) is 2.15. The predicted molar refractivity (Wildman–Crippen MR) is 96.8 cm³/mol. The number of rotatable bonds is 7. The highest BCUT2D eigenvalue weighted by molar-refractivity contribution is 7.91. The van der Waals surface area contributed by atoms with Crippen molar-refractivity contribution in [1.82, 2.24) is 9.88 Å². The van der Waals surface area contributed by atoms with E-state index in [-0.39, 0.29) is 18.7 Å². The fraction of sp³-hybridized carbons (Fsp3) is 0.389. The molecule has 0 aliphatic heterocycles. The molecular weight excluding hydrogens is 354 g/mol. The third kappa shape index (κ3) is 5.17. The van der Waals surface area contributed by atoms with Crippen LogP contribution in [0, 0.1) is 25.2 Å². The number of hydrogen-bond donors (Lipinski definition) is 0. The Morgan fingerprint density at radius 1 is 1.27 bits per heavy atom. The second-order valence-electron chi connectivity index (χ2n) is 6.14. The van der Waals surface area contributed by atoms with Crippen LogP contribution in [-0.2, 0) is 20.4 Å².